The van der Waals surface area contributed by atoms with Gasteiger partial charge in [0.25, 0.3) is 0 Å². The molecular formula is C28H24O9. The van der Waals surface area contributed by atoms with Crippen molar-refractivity contribution in [1.29, 1.82) is 0 Å². The van der Waals surface area contributed by atoms with E-state index in [0.717, 1.165) is 5.56 Å². The number of carbonyl (C=O) groups excluding carboxylic acids is 3. The van der Waals surface area contributed by atoms with Crippen LogP contribution in [-0.4, -0.2) is 55.4 Å². The summed E-state index contributed by atoms with van der Waals surface area (Å²) in [5, 5.41) is 0. The standard InChI is InChI=1S/C28H24O9/c1-32-27(31)28-23(36-28)21(34-24(29)19-13-7-3-8-14-19)22(35-25(30)20-15-9-4-10-16-20)26(37-28)33-17-18-11-5-2-6-12-18/h2-16,21-23,26H,17H2,1H3/t21-,22-,23+,26-,28+/m1/s1. The van der Waals surface area contributed by atoms with E-state index in [1.165, 1.54) is 7.11 Å². The molecule has 3 aromatic rings. The number of carbonyl (C=O) groups is 3. The summed E-state index contributed by atoms with van der Waals surface area (Å²) in [6.07, 6.45) is -4.87. The van der Waals surface area contributed by atoms with Crippen LogP contribution in [0.15, 0.2) is 91.0 Å². The predicted octanol–water partition coefficient (Wildman–Crippen LogP) is 3.28. The fraction of sp³-hybridized carbons (Fsp3) is 0.250. The Bertz CT molecular complexity index is 1250. The van der Waals surface area contributed by atoms with Crippen LogP contribution in [-0.2, 0) is 39.8 Å². The number of hydrogen-bond donors (Lipinski definition) is 0. The third-order valence-corrected chi connectivity index (χ3v) is 6.03. The highest BCUT2D eigenvalue weighted by Gasteiger charge is 2.76. The largest absolute Gasteiger partial charge is 0.465 e. The molecule has 0 bridgehead atoms. The lowest BCUT2D eigenvalue weighted by Gasteiger charge is -2.36. The van der Waals surface area contributed by atoms with Crippen LogP contribution in [0.25, 0.3) is 0 Å². The van der Waals surface area contributed by atoms with Gasteiger partial charge in [0.05, 0.1) is 24.8 Å². The van der Waals surface area contributed by atoms with Crippen LogP contribution in [0, 0.1) is 0 Å². The molecule has 0 spiro atoms. The Labute approximate surface area is 212 Å². The fourth-order valence-electron chi connectivity index (χ4n) is 4.12. The zero-order chi connectivity index (χ0) is 25.8. The van der Waals surface area contributed by atoms with Gasteiger partial charge in [0.2, 0.25) is 6.29 Å². The molecule has 0 aromatic heterocycles. The van der Waals surface area contributed by atoms with Crippen LogP contribution in [0.3, 0.4) is 0 Å². The lowest BCUT2D eigenvalue weighted by Crippen LogP contribution is -2.57. The van der Waals surface area contributed by atoms with Crippen LogP contribution in [0.5, 0.6) is 0 Å². The number of benzene rings is 3. The van der Waals surface area contributed by atoms with E-state index in [1.807, 2.05) is 30.3 Å². The van der Waals surface area contributed by atoms with Crippen molar-refractivity contribution in [2.75, 3.05) is 7.11 Å². The molecule has 9 nitrogen and oxygen atoms in total. The number of methoxy groups -OCH3 is 1. The van der Waals surface area contributed by atoms with Crippen molar-refractivity contribution >= 4 is 17.9 Å². The molecule has 5 rings (SSSR count). The maximum atomic E-state index is 13.0. The molecule has 0 N–H and O–H groups in total. The van der Waals surface area contributed by atoms with E-state index in [4.69, 9.17) is 28.4 Å². The SMILES string of the molecule is COC(=O)[C@@]12O[C@@H](OCc3ccccc3)[C@H](OC(=O)c3ccccc3)[C@@H](OC(=O)c3ccccc3)[C@@H]1O2. The maximum absolute atomic E-state index is 13.0. The highest BCUT2D eigenvalue weighted by Crippen LogP contribution is 2.49. The van der Waals surface area contributed by atoms with E-state index in [1.54, 1.807) is 60.7 Å². The van der Waals surface area contributed by atoms with E-state index < -0.39 is 48.3 Å². The summed E-state index contributed by atoms with van der Waals surface area (Å²) < 4.78 is 33.9. The molecule has 190 valence electrons. The number of hydrogen-bond acceptors (Lipinski definition) is 9. The molecule has 0 saturated carbocycles. The van der Waals surface area contributed by atoms with Crippen molar-refractivity contribution in [1.82, 2.24) is 0 Å². The molecule has 3 aromatic carbocycles. The Balaban J connectivity index is 1.46. The van der Waals surface area contributed by atoms with Gasteiger partial charge in [0, 0.05) is 0 Å². The molecular weight excluding hydrogens is 480 g/mol. The summed E-state index contributed by atoms with van der Waals surface area (Å²) in [6, 6.07) is 25.8. The second-order valence-electron chi connectivity index (χ2n) is 8.45. The number of esters is 3. The molecule has 0 amide bonds. The van der Waals surface area contributed by atoms with Crippen molar-refractivity contribution < 1.29 is 42.8 Å². The fourth-order valence-corrected chi connectivity index (χ4v) is 4.12. The Morgan fingerprint density at radius 1 is 0.730 bits per heavy atom. The Hall–Kier alpha value is -4.05. The lowest BCUT2D eigenvalue weighted by molar-refractivity contribution is -0.274. The van der Waals surface area contributed by atoms with Gasteiger partial charge in [-0.05, 0) is 29.8 Å². The third-order valence-electron chi connectivity index (χ3n) is 6.03. The van der Waals surface area contributed by atoms with Crippen molar-refractivity contribution in [3.63, 3.8) is 0 Å². The summed E-state index contributed by atoms with van der Waals surface area (Å²) in [6.45, 7) is 0.0617. The first-order chi connectivity index (χ1) is 18.0. The Morgan fingerprint density at radius 3 is 1.78 bits per heavy atom. The van der Waals surface area contributed by atoms with Gasteiger partial charge in [-0.2, -0.15) is 0 Å². The molecule has 2 aliphatic heterocycles. The Morgan fingerprint density at radius 2 is 1.24 bits per heavy atom. The first kappa shape index (κ1) is 24.6. The molecule has 5 atom stereocenters. The minimum atomic E-state index is -1.85. The lowest BCUT2D eigenvalue weighted by atomic mass is 10.0. The zero-order valence-corrected chi connectivity index (χ0v) is 19.9. The quantitative estimate of drug-likeness (QED) is 0.259. The second-order valence-corrected chi connectivity index (χ2v) is 8.45. The highest BCUT2D eigenvalue weighted by atomic mass is 16.9. The topological polar surface area (TPSA) is 110 Å². The van der Waals surface area contributed by atoms with E-state index in [2.05, 4.69) is 0 Å². The van der Waals surface area contributed by atoms with Crippen molar-refractivity contribution in [2.24, 2.45) is 0 Å². The van der Waals surface area contributed by atoms with Crippen molar-refractivity contribution in [3.8, 4) is 0 Å². The molecule has 2 aliphatic rings. The van der Waals surface area contributed by atoms with Crippen LogP contribution in [0.1, 0.15) is 26.3 Å². The summed E-state index contributed by atoms with van der Waals surface area (Å²) in [5.74, 6) is -4.05. The van der Waals surface area contributed by atoms with Gasteiger partial charge in [-0.15, -0.1) is 0 Å². The maximum Gasteiger partial charge on any atom is 0.369 e. The van der Waals surface area contributed by atoms with Gasteiger partial charge in [0.1, 0.15) is 0 Å². The Kier molecular flexibility index (Phi) is 7.00. The van der Waals surface area contributed by atoms with E-state index >= 15 is 0 Å². The number of epoxide rings is 1. The molecule has 2 fully saturated rings. The first-order valence-electron chi connectivity index (χ1n) is 11.6. The molecule has 2 heterocycles. The molecule has 2 saturated heterocycles. The van der Waals surface area contributed by atoms with Gasteiger partial charge in [-0.25, -0.2) is 14.4 Å². The summed E-state index contributed by atoms with van der Waals surface area (Å²) in [4.78, 5) is 38.6. The number of fused-ring (bicyclic) bond motifs is 1. The highest BCUT2D eigenvalue weighted by molar-refractivity contribution is 5.91. The van der Waals surface area contributed by atoms with E-state index in [9.17, 15) is 14.4 Å². The molecule has 0 unspecified atom stereocenters. The van der Waals surface area contributed by atoms with Gasteiger partial charge in [-0.1, -0.05) is 66.7 Å². The summed E-state index contributed by atoms with van der Waals surface area (Å²) >= 11 is 0. The predicted molar refractivity (Wildman–Crippen MR) is 127 cm³/mol. The van der Waals surface area contributed by atoms with Gasteiger partial charge >= 0.3 is 23.7 Å². The van der Waals surface area contributed by atoms with Gasteiger partial charge in [0.15, 0.2) is 18.3 Å². The molecule has 0 aliphatic carbocycles. The van der Waals surface area contributed by atoms with Crippen LogP contribution in [0.2, 0.25) is 0 Å². The van der Waals surface area contributed by atoms with Crippen LogP contribution < -0.4 is 0 Å². The van der Waals surface area contributed by atoms with Gasteiger partial charge < -0.3 is 28.4 Å². The first-order valence-corrected chi connectivity index (χ1v) is 11.6. The second kappa shape index (κ2) is 10.5. The summed E-state index contributed by atoms with van der Waals surface area (Å²) in [7, 11) is 1.19. The van der Waals surface area contributed by atoms with Crippen LogP contribution in [0.4, 0.5) is 0 Å². The van der Waals surface area contributed by atoms with Gasteiger partial charge in [-0.3, -0.25) is 0 Å². The minimum absolute atomic E-state index is 0.0617. The minimum Gasteiger partial charge on any atom is -0.465 e. The molecule has 9 heteroatoms. The monoisotopic (exact) mass is 504 g/mol. The van der Waals surface area contributed by atoms with E-state index in [0.29, 0.717) is 0 Å². The average molecular weight is 504 g/mol. The smallest absolute Gasteiger partial charge is 0.369 e. The third kappa shape index (κ3) is 5.10. The number of ether oxygens (including phenoxy) is 6. The summed E-state index contributed by atoms with van der Waals surface area (Å²) in [5.41, 5.74) is 1.36. The average Bonchev–Trinajstić information content (AvgIpc) is 3.70. The van der Waals surface area contributed by atoms with Crippen LogP contribution >= 0.6 is 0 Å². The van der Waals surface area contributed by atoms with Crippen molar-refractivity contribution in [3.05, 3.63) is 108 Å². The number of rotatable bonds is 8. The normalized spacial score (nSPS) is 25.9. The zero-order valence-electron chi connectivity index (χ0n) is 19.9. The van der Waals surface area contributed by atoms with E-state index in [-0.39, 0.29) is 17.7 Å². The van der Waals surface area contributed by atoms with Crippen molar-refractivity contribution in [2.45, 2.75) is 37.0 Å². The molecule has 0 radical (unpaired) electrons. The molecule has 37 heavy (non-hydrogen) atoms.